The lowest BCUT2D eigenvalue weighted by molar-refractivity contribution is -0.121. The van der Waals surface area contributed by atoms with E-state index in [2.05, 4.69) is 15.7 Å². The highest BCUT2D eigenvalue weighted by Gasteiger charge is 2.16. The third-order valence-electron chi connectivity index (χ3n) is 3.88. The Hall–Kier alpha value is -2.67. The van der Waals surface area contributed by atoms with E-state index in [9.17, 15) is 14.4 Å². The first-order valence-electron chi connectivity index (χ1n) is 8.15. The Bertz CT molecular complexity index is 845. The van der Waals surface area contributed by atoms with Crippen LogP contribution in [0.3, 0.4) is 0 Å². The van der Waals surface area contributed by atoms with Crippen molar-refractivity contribution in [2.75, 3.05) is 13.1 Å². The van der Waals surface area contributed by atoms with Crippen molar-refractivity contribution in [3.05, 3.63) is 51.8 Å². The number of ketones is 1. The van der Waals surface area contributed by atoms with Crippen LogP contribution in [0.1, 0.15) is 39.0 Å². The fourth-order valence-corrected chi connectivity index (χ4v) is 2.89. The first-order chi connectivity index (χ1) is 12.3. The number of amides is 2. The number of rotatable bonds is 7. The molecular weight excluding hydrogens is 356 g/mol. The molecule has 2 amide bonds. The van der Waals surface area contributed by atoms with Crippen LogP contribution in [-0.4, -0.2) is 40.5 Å². The molecule has 0 saturated heterocycles. The number of aryl methyl sites for hydroxylation is 1. The molecule has 2 aromatic rings. The first-order valence-corrected chi connectivity index (χ1v) is 8.53. The van der Waals surface area contributed by atoms with Gasteiger partial charge in [-0.15, -0.1) is 0 Å². The number of hydrogen-bond donors (Lipinski definition) is 2. The highest BCUT2D eigenvalue weighted by atomic mass is 35.5. The van der Waals surface area contributed by atoms with E-state index in [1.54, 1.807) is 38.1 Å². The van der Waals surface area contributed by atoms with Crippen molar-refractivity contribution in [1.29, 1.82) is 0 Å². The van der Waals surface area contributed by atoms with Gasteiger partial charge in [0.2, 0.25) is 5.91 Å². The van der Waals surface area contributed by atoms with E-state index >= 15 is 0 Å². The summed E-state index contributed by atoms with van der Waals surface area (Å²) >= 11 is 5.96. The summed E-state index contributed by atoms with van der Waals surface area (Å²) in [6.45, 7) is 5.53. The largest absolute Gasteiger partial charge is 0.353 e. The van der Waals surface area contributed by atoms with Gasteiger partial charge in [0, 0.05) is 18.8 Å². The fourth-order valence-electron chi connectivity index (χ4n) is 2.67. The zero-order valence-electron chi connectivity index (χ0n) is 14.9. The summed E-state index contributed by atoms with van der Waals surface area (Å²) in [5, 5.41) is 10.0. The molecule has 1 aromatic carbocycles. The molecule has 1 heterocycles. The highest BCUT2D eigenvalue weighted by molar-refractivity contribution is 6.33. The molecule has 2 N–H and O–H groups in total. The monoisotopic (exact) mass is 376 g/mol. The second kappa shape index (κ2) is 8.62. The molecule has 8 heteroatoms. The van der Waals surface area contributed by atoms with Crippen molar-refractivity contribution < 1.29 is 14.4 Å². The topological polar surface area (TPSA) is 93.1 Å². The maximum absolute atomic E-state index is 12.0. The molecule has 0 spiro atoms. The second-order valence-corrected chi connectivity index (χ2v) is 6.25. The molecule has 0 aliphatic rings. The van der Waals surface area contributed by atoms with Gasteiger partial charge in [0.05, 0.1) is 21.8 Å². The van der Waals surface area contributed by atoms with Gasteiger partial charge in [-0.05, 0) is 32.9 Å². The molecule has 0 aliphatic carbocycles. The fraction of sp³-hybridized carbons (Fsp3) is 0.333. The number of Topliss-reactive ketones (excluding diaryl/α,β-unsaturated/α-hetero) is 1. The maximum Gasteiger partial charge on any atom is 0.252 e. The summed E-state index contributed by atoms with van der Waals surface area (Å²) in [6, 6.07) is 6.75. The second-order valence-electron chi connectivity index (χ2n) is 5.85. The molecule has 2 rings (SSSR count). The van der Waals surface area contributed by atoms with Crippen molar-refractivity contribution in [3.8, 4) is 0 Å². The third kappa shape index (κ3) is 4.70. The molecule has 0 fully saturated rings. The zero-order valence-corrected chi connectivity index (χ0v) is 15.7. The highest BCUT2D eigenvalue weighted by Crippen LogP contribution is 2.14. The molecule has 0 aliphatic heterocycles. The van der Waals surface area contributed by atoms with E-state index in [1.807, 2.05) is 0 Å². The van der Waals surface area contributed by atoms with Crippen LogP contribution in [0.4, 0.5) is 0 Å². The minimum absolute atomic E-state index is 0.0123. The summed E-state index contributed by atoms with van der Waals surface area (Å²) in [7, 11) is 0. The Labute approximate surface area is 156 Å². The molecule has 0 unspecified atom stereocenters. The van der Waals surface area contributed by atoms with Gasteiger partial charge in [-0.2, -0.15) is 5.10 Å². The van der Waals surface area contributed by atoms with E-state index in [1.165, 1.54) is 11.6 Å². The van der Waals surface area contributed by atoms with E-state index in [4.69, 9.17) is 11.6 Å². The molecular formula is C18H21ClN4O3. The smallest absolute Gasteiger partial charge is 0.252 e. The van der Waals surface area contributed by atoms with Gasteiger partial charge in [-0.1, -0.05) is 23.7 Å². The van der Waals surface area contributed by atoms with Crippen LogP contribution >= 0.6 is 11.6 Å². The molecule has 26 heavy (non-hydrogen) atoms. The molecule has 0 radical (unpaired) electrons. The molecule has 0 atom stereocenters. The minimum Gasteiger partial charge on any atom is -0.353 e. The van der Waals surface area contributed by atoms with Crippen LogP contribution in [0.2, 0.25) is 5.02 Å². The number of halogens is 1. The van der Waals surface area contributed by atoms with Crippen LogP contribution in [0.15, 0.2) is 24.3 Å². The summed E-state index contributed by atoms with van der Waals surface area (Å²) in [4.78, 5) is 35.6. The number of nitrogens with zero attached hydrogens (tertiary/aromatic N) is 2. The van der Waals surface area contributed by atoms with Crippen LogP contribution in [0.5, 0.6) is 0 Å². The summed E-state index contributed by atoms with van der Waals surface area (Å²) in [6.07, 6.45) is 0. The number of carbonyl (C=O) groups is 3. The Morgan fingerprint density at radius 3 is 2.38 bits per heavy atom. The third-order valence-corrected chi connectivity index (χ3v) is 4.21. The van der Waals surface area contributed by atoms with Gasteiger partial charge in [-0.3, -0.25) is 19.1 Å². The van der Waals surface area contributed by atoms with Crippen LogP contribution in [0, 0.1) is 13.8 Å². The Kier molecular flexibility index (Phi) is 6.52. The van der Waals surface area contributed by atoms with Crippen molar-refractivity contribution in [2.24, 2.45) is 0 Å². The van der Waals surface area contributed by atoms with Gasteiger partial charge >= 0.3 is 0 Å². The van der Waals surface area contributed by atoms with Gasteiger partial charge in [0.15, 0.2) is 5.78 Å². The number of carbonyl (C=O) groups excluding carboxylic acids is 3. The number of nitrogens with one attached hydrogen (secondary N) is 2. The predicted octanol–water partition coefficient (Wildman–Crippen LogP) is 1.90. The number of aromatic nitrogens is 2. The van der Waals surface area contributed by atoms with Gasteiger partial charge in [0.1, 0.15) is 6.54 Å². The van der Waals surface area contributed by atoms with Crippen LogP contribution < -0.4 is 10.6 Å². The maximum atomic E-state index is 12.0. The number of benzene rings is 1. The normalized spacial score (nSPS) is 10.5. The van der Waals surface area contributed by atoms with Gasteiger partial charge in [-0.25, -0.2) is 0 Å². The summed E-state index contributed by atoms with van der Waals surface area (Å²) < 4.78 is 1.50. The zero-order chi connectivity index (χ0) is 19.3. The molecule has 7 nitrogen and oxygen atoms in total. The average Bonchev–Trinajstić information content (AvgIpc) is 2.85. The van der Waals surface area contributed by atoms with Gasteiger partial charge in [0.25, 0.3) is 5.91 Å². The van der Waals surface area contributed by atoms with Crippen LogP contribution in [-0.2, 0) is 11.3 Å². The summed E-state index contributed by atoms with van der Waals surface area (Å²) in [5.74, 6) is -0.624. The minimum atomic E-state index is -0.297. The van der Waals surface area contributed by atoms with Crippen molar-refractivity contribution >= 4 is 29.2 Å². The standard InChI is InChI=1S/C18H21ClN4O3/c1-11-17(13(3)24)12(2)23(22-11)10-16(25)20-8-9-21-18(26)14-6-4-5-7-15(14)19/h4-7H,8-10H2,1-3H3,(H,20,25)(H,21,26). The Balaban J connectivity index is 1.81. The first kappa shape index (κ1) is 19.7. The SMILES string of the molecule is CC(=O)c1c(C)nn(CC(=O)NCCNC(=O)c2ccccc2Cl)c1C. The van der Waals surface area contributed by atoms with Crippen molar-refractivity contribution in [2.45, 2.75) is 27.3 Å². The average molecular weight is 377 g/mol. The van der Waals surface area contributed by atoms with Crippen molar-refractivity contribution in [1.82, 2.24) is 20.4 Å². The Morgan fingerprint density at radius 1 is 1.12 bits per heavy atom. The summed E-state index contributed by atoms with van der Waals surface area (Å²) in [5.41, 5.74) is 2.21. The van der Waals surface area contributed by atoms with E-state index < -0.39 is 0 Å². The Morgan fingerprint density at radius 2 is 1.77 bits per heavy atom. The lowest BCUT2D eigenvalue weighted by Gasteiger charge is -2.09. The van der Waals surface area contributed by atoms with E-state index in [0.717, 1.165) is 0 Å². The molecule has 0 saturated carbocycles. The quantitative estimate of drug-likeness (QED) is 0.570. The molecule has 1 aromatic heterocycles. The lowest BCUT2D eigenvalue weighted by Crippen LogP contribution is -2.36. The van der Waals surface area contributed by atoms with Crippen LogP contribution in [0.25, 0.3) is 0 Å². The predicted molar refractivity (Wildman–Crippen MR) is 98.5 cm³/mol. The lowest BCUT2D eigenvalue weighted by atomic mass is 10.1. The number of hydrogen-bond acceptors (Lipinski definition) is 4. The van der Waals surface area contributed by atoms with Crippen molar-refractivity contribution in [3.63, 3.8) is 0 Å². The molecule has 0 bridgehead atoms. The van der Waals surface area contributed by atoms with E-state index in [-0.39, 0.29) is 37.2 Å². The molecule has 138 valence electrons. The van der Waals surface area contributed by atoms with Gasteiger partial charge < -0.3 is 10.6 Å². The van der Waals surface area contributed by atoms with E-state index in [0.29, 0.717) is 27.5 Å².